The fourth-order valence-electron chi connectivity index (χ4n) is 4.21. The van der Waals surface area contributed by atoms with Gasteiger partial charge in [0.05, 0.1) is 37.5 Å². The maximum atomic E-state index is 13.6. The molecular formula is C26H28N2O6S. The third kappa shape index (κ3) is 4.95. The van der Waals surface area contributed by atoms with Gasteiger partial charge in [-0.3, -0.25) is 4.79 Å². The van der Waals surface area contributed by atoms with Crippen molar-refractivity contribution >= 4 is 45.1 Å². The highest BCUT2D eigenvalue weighted by molar-refractivity contribution is 7.17. The highest BCUT2D eigenvalue weighted by Crippen LogP contribution is 2.39. The molecule has 1 aliphatic heterocycles. The Morgan fingerprint density at radius 2 is 1.74 bits per heavy atom. The first-order valence-corrected chi connectivity index (χ1v) is 12.5. The second-order valence-corrected chi connectivity index (χ2v) is 8.95. The second-order valence-electron chi connectivity index (χ2n) is 7.85. The first kappa shape index (κ1) is 24.5. The van der Waals surface area contributed by atoms with Crippen LogP contribution >= 0.6 is 11.3 Å². The van der Waals surface area contributed by atoms with Gasteiger partial charge < -0.3 is 24.4 Å². The molecule has 4 rings (SSSR count). The number of hydrogen-bond acceptors (Lipinski definition) is 7. The fraction of sp³-hybridized carbons (Fsp3) is 0.346. The fourth-order valence-corrected chi connectivity index (χ4v) is 5.45. The normalized spacial score (nSPS) is 12.7. The molecule has 1 N–H and O–H groups in total. The summed E-state index contributed by atoms with van der Waals surface area (Å²) in [5, 5.41) is 5.01. The van der Waals surface area contributed by atoms with Crippen LogP contribution < -0.4 is 10.1 Å². The number of carbonyl (C=O) groups is 3. The van der Waals surface area contributed by atoms with E-state index in [-0.39, 0.29) is 19.1 Å². The molecule has 2 aromatic carbocycles. The van der Waals surface area contributed by atoms with Gasteiger partial charge >= 0.3 is 12.1 Å². The number of rotatable bonds is 7. The van der Waals surface area contributed by atoms with Gasteiger partial charge in [0.25, 0.3) is 5.91 Å². The zero-order valence-corrected chi connectivity index (χ0v) is 20.8. The molecule has 3 aromatic rings. The minimum atomic E-state index is -0.493. The monoisotopic (exact) mass is 496 g/mol. The van der Waals surface area contributed by atoms with Gasteiger partial charge in [-0.15, -0.1) is 11.3 Å². The molecule has 1 aliphatic rings. The van der Waals surface area contributed by atoms with Gasteiger partial charge in [0, 0.05) is 11.4 Å². The molecule has 9 heteroatoms. The second kappa shape index (κ2) is 10.8. The van der Waals surface area contributed by atoms with Gasteiger partial charge in [-0.1, -0.05) is 30.3 Å². The van der Waals surface area contributed by atoms with Gasteiger partial charge in [0.15, 0.2) is 0 Å². The number of benzene rings is 2. The largest absolute Gasteiger partial charge is 0.493 e. The maximum absolute atomic E-state index is 13.6. The van der Waals surface area contributed by atoms with Crippen molar-refractivity contribution in [1.29, 1.82) is 0 Å². The topological polar surface area (TPSA) is 94.2 Å². The Labute approximate surface area is 207 Å². The molecule has 2 heterocycles. The summed E-state index contributed by atoms with van der Waals surface area (Å²) in [7, 11) is 0. The van der Waals surface area contributed by atoms with Crippen LogP contribution in [-0.2, 0) is 22.4 Å². The third-order valence-electron chi connectivity index (χ3n) is 5.71. The lowest BCUT2D eigenvalue weighted by Crippen LogP contribution is -2.36. The van der Waals surface area contributed by atoms with E-state index in [1.165, 1.54) is 11.3 Å². The van der Waals surface area contributed by atoms with Crippen molar-refractivity contribution in [3.05, 3.63) is 58.0 Å². The summed E-state index contributed by atoms with van der Waals surface area (Å²) in [5.41, 5.74) is 1.55. The van der Waals surface area contributed by atoms with Crippen molar-refractivity contribution in [2.24, 2.45) is 0 Å². The highest BCUT2D eigenvalue weighted by atomic mass is 32.1. The number of fused-ring (bicyclic) bond motifs is 2. The van der Waals surface area contributed by atoms with Crippen LogP contribution in [0.2, 0.25) is 0 Å². The number of esters is 1. The van der Waals surface area contributed by atoms with Gasteiger partial charge in [-0.05, 0) is 49.6 Å². The number of nitrogens with zero attached hydrogens (tertiary/aromatic N) is 1. The first-order valence-electron chi connectivity index (χ1n) is 11.7. The molecule has 0 saturated heterocycles. The smallest absolute Gasteiger partial charge is 0.410 e. The van der Waals surface area contributed by atoms with Crippen LogP contribution in [0.5, 0.6) is 5.75 Å². The van der Waals surface area contributed by atoms with Crippen LogP contribution in [0.4, 0.5) is 9.80 Å². The molecule has 0 aliphatic carbocycles. The van der Waals surface area contributed by atoms with E-state index in [1.54, 1.807) is 24.8 Å². The number of thiophene rings is 1. The molecule has 0 unspecified atom stereocenters. The molecule has 35 heavy (non-hydrogen) atoms. The lowest BCUT2D eigenvalue weighted by atomic mass is 10.0. The number of anilines is 1. The quantitative estimate of drug-likeness (QED) is 0.450. The van der Waals surface area contributed by atoms with Crippen molar-refractivity contribution in [1.82, 2.24) is 4.90 Å². The summed E-state index contributed by atoms with van der Waals surface area (Å²) in [4.78, 5) is 41.2. The minimum absolute atomic E-state index is 0.212. The van der Waals surface area contributed by atoms with Gasteiger partial charge in [0.2, 0.25) is 0 Å². The average molecular weight is 497 g/mol. The number of amides is 2. The summed E-state index contributed by atoms with van der Waals surface area (Å²) in [5.74, 6) is -0.402. The van der Waals surface area contributed by atoms with Crippen LogP contribution in [0.25, 0.3) is 10.8 Å². The van der Waals surface area contributed by atoms with Gasteiger partial charge in [-0.25, -0.2) is 9.59 Å². The standard InChI is InChI=1S/C26H28N2O6S/c1-4-32-19-12-11-16-9-7-8-10-17(16)21(19)23(29)27-24-22(25(30)33-5-2)18-13-14-28(15-20(18)35-24)26(31)34-6-3/h7-12H,4-6,13-15H2,1-3H3,(H,27,29). The molecule has 1 aromatic heterocycles. The maximum Gasteiger partial charge on any atom is 0.410 e. The number of ether oxygens (including phenoxy) is 3. The summed E-state index contributed by atoms with van der Waals surface area (Å²) in [6, 6.07) is 11.3. The van der Waals surface area contributed by atoms with Crippen LogP contribution in [0.3, 0.4) is 0 Å². The minimum Gasteiger partial charge on any atom is -0.493 e. The predicted octanol–water partition coefficient (Wildman–Crippen LogP) is 5.24. The van der Waals surface area contributed by atoms with Crippen LogP contribution in [0, 0.1) is 0 Å². The number of hydrogen-bond donors (Lipinski definition) is 1. The number of nitrogens with one attached hydrogen (secondary N) is 1. The van der Waals surface area contributed by atoms with E-state index < -0.39 is 12.1 Å². The molecule has 0 bridgehead atoms. The van der Waals surface area contributed by atoms with Crippen molar-refractivity contribution < 1.29 is 28.6 Å². The van der Waals surface area contributed by atoms with E-state index in [4.69, 9.17) is 14.2 Å². The Balaban J connectivity index is 1.73. The van der Waals surface area contributed by atoms with E-state index in [0.29, 0.717) is 48.0 Å². The van der Waals surface area contributed by atoms with E-state index in [9.17, 15) is 14.4 Å². The molecule has 8 nitrogen and oxygen atoms in total. The van der Waals surface area contributed by atoms with E-state index in [2.05, 4.69) is 5.32 Å². The summed E-state index contributed by atoms with van der Waals surface area (Å²) in [6.07, 6.45) is 0.0690. The molecule has 0 atom stereocenters. The molecule has 2 amide bonds. The third-order valence-corrected chi connectivity index (χ3v) is 6.84. The zero-order chi connectivity index (χ0) is 24.9. The lowest BCUT2D eigenvalue weighted by molar-refractivity contribution is 0.0526. The summed E-state index contributed by atoms with van der Waals surface area (Å²) >= 11 is 1.28. The molecule has 0 fully saturated rings. The zero-order valence-electron chi connectivity index (χ0n) is 20.0. The Bertz CT molecular complexity index is 1270. The Morgan fingerprint density at radius 3 is 2.49 bits per heavy atom. The molecule has 0 saturated carbocycles. The summed E-state index contributed by atoms with van der Waals surface area (Å²) < 4.78 is 16.2. The van der Waals surface area contributed by atoms with Crippen LogP contribution in [-0.4, -0.2) is 49.2 Å². The Morgan fingerprint density at radius 1 is 0.971 bits per heavy atom. The first-order chi connectivity index (χ1) is 17.0. The van der Waals surface area contributed by atoms with Gasteiger partial charge in [-0.2, -0.15) is 0 Å². The molecule has 0 spiro atoms. The average Bonchev–Trinajstić information content (AvgIpc) is 3.21. The van der Waals surface area contributed by atoms with Gasteiger partial charge in [0.1, 0.15) is 10.8 Å². The molecule has 0 radical (unpaired) electrons. The van der Waals surface area contributed by atoms with E-state index >= 15 is 0 Å². The Hall–Kier alpha value is -3.59. The van der Waals surface area contributed by atoms with Crippen molar-refractivity contribution in [2.45, 2.75) is 33.7 Å². The van der Waals surface area contributed by atoms with E-state index in [1.807, 2.05) is 37.3 Å². The van der Waals surface area contributed by atoms with Crippen molar-refractivity contribution in [3.8, 4) is 5.75 Å². The molecular weight excluding hydrogens is 468 g/mol. The SMILES string of the molecule is CCOC(=O)c1c(NC(=O)c2c(OCC)ccc3ccccc23)sc2c1CCN(C(=O)OCC)C2. The highest BCUT2D eigenvalue weighted by Gasteiger charge is 2.32. The van der Waals surface area contributed by atoms with Crippen LogP contribution in [0.15, 0.2) is 36.4 Å². The number of carbonyl (C=O) groups excluding carboxylic acids is 3. The molecule has 184 valence electrons. The summed E-state index contributed by atoms with van der Waals surface area (Å²) in [6.45, 7) is 6.98. The predicted molar refractivity (Wildman–Crippen MR) is 134 cm³/mol. The van der Waals surface area contributed by atoms with Crippen molar-refractivity contribution in [2.75, 3.05) is 31.7 Å². The lowest BCUT2D eigenvalue weighted by Gasteiger charge is -2.26. The van der Waals surface area contributed by atoms with Crippen molar-refractivity contribution in [3.63, 3.8) is 0 Å². The Kier molecular flexibility index (Phi) is 7.55. The van der Waals surface area contributed by atoms with Crippen LogP contribution in [0.1, 0.15) is 51.9 Å². The van der Waals surface area contributed by atoms with E-state index in [0.717, 1.165) is 21.2 Å².